The molecule has 2 fully saturated rings. The molecule has 0 heterocycles. The second kappa shape index (κ2) is 6.30. The Kier molecular flexibility index (Phi) is 4.80. The number of carbonyl (C=O) groups is 1. The summed E-state index contributed by atoms with van der Waals surface area (Å²) < 4.78 is 0. The third-order valence-corrected chi connectivity index (χ3v) is 7.83. The Labute approximate surface area is 154 Å². The summed E-state index contributed by atoms with van der Waals surface area (Å²) in [7, 11) is 0. The summed E-state index contributed by atoms with van der Waals surface area (Å²) in [6, 6.07) is 0. The highest BCUT2D eigenvalue weighted by atomic mass is 16.4. The maximum absolute atomic E-state index is 12.0. The molecule has 148 valence electrons. The lowest BCUT2D eigenvalue weighted by molar-refractivity contribution is -0.179. The van der Waals surface area contributed by atoms with E-state index < -0.39 is 40.5 Å². The molecule has 8 unspecified atom stereocenters. The second-order valence-corrected chi connectivity index (χ2v) is 9.53. The van der Waals surface area contributed by atoms with Gasteiger partial charge in [0.25, 0.3) is 0 Å². The van der Waals surface area contributed by atoms with E-state index in [0.717, 1.165) is 5.57 Å². The van der Waals surface area contributed by atoms with Gasteiger partial charge in [-0.3, -0.25) is 4.79 Å². The molecule has 3 aliphatic carbocycles. The van der Waals surface area contributed by atoms with Gasteiger partial charge in [-0.2, -0.15) is 0 Å². The van der Waals surface area contributed by atoms with Gasteiger partial charge in [-0.15, -0.1) is 0 Å². The minimum absolute atomic E-state index is 0.0242. The lowest BCUT2D eigenvalue weighted by atomic mass is 9.44. The Hall–Kier alpha value is -0.950. The van der Waals surface area contributed by atoms with Crippen molar-refractivity contribution in [3.05, 3.63) is 11.6 Å². The van der Waals surface area contributed by atoms with Crippen LogP contribution in [0.25, 0.3) is 0 Å². The number of aliphatic carboxylic acids is 1. The highest BCUT2D eigenvalue weighted by Gasteiger charge is 2.62. The lowest BCUT2D eigenvalue weighted by Gasteiger charge is -2.61. The first-order valence-corrected chi connectivity index (χ1v) is 9.59. The van der Waals surface area contributed by atoms with Crippen LogP contribution in [0.4, 0.5) is 0 Å². The van der Waals surface area contributed by atoms with Crippen LogP contribution in [-0.2, 0) is 4.79 Å². The van der Waals surface area contributed by atoms with Gasteiger partial charge >= 0.3 is 5.97 Å². The molecule has 6 nitrogen and oxygen atoms in total. The predicted molar refractivity (Wildman–Crippen MR) is 95.2 cm³/mol. The average Bonchev–Trinajstić information content (AvgIpc) is 2.55. The molecule has 0 aromatic heterocycles. The number of carboxylic acids is 1. The smallest absolute Gasteiger partial charge is 0.309 e. The maximum Gasteiger partial charge on any atom is 0.309 e. The molecule has 0 aromatic rings. The fraction of sp³-hybridized carbons (Fsp3) is 0.850. The summed E-state index contributed by atoms with van der Waals surface area (Å²) in [5, 5.41) is 50.8. The molecule has 0 amide bonds. The van der Waals surface area contributed by atoms with Gasteiger partial charge in [-0.05, 0) is 61.9 Å². The van der Waals surface area contributed by atoms with Crippen molar-refractivity contribution in [2.24, 2.45) is 28.1 Å². The van der Waals surface area contributed by atoms with E-state index in [1.54, 1.807) is 6.92 Å². The van der Waals surface area contributed by atoms with Crippen LogP contribution in [0.5, 0.6) is 0 Å². The number of fused-ring (bicyclic) bond motifs is 3. The molecule has 3 aliphatic rings. The Morgan fingerprint density at radius 1 is 1.27 bits per heavy atom. The molecule has 6 heteroatoms. The molecule has 0 aromatic carbocycles. The Morgan fingerprint density at radius 3 is 2.50 bits per heavy atom. The third-order valence-electron chi connectivity index (χ3n) is 7.83. The normalized spacial score (nSPS) is 49.6. The summed E-state index contributed by atoms with van der Waals surface area (Å²) in [5.41, 5.74) is -1.24. The molecule has 0 spiro atoms. The van der Waals surface area contributed by atoms with E-state index in [1.165, 1.54) is 0 Å². The summed E-state index contributed by atoms with van der Waals surface area (Å²) in [6.45, 7) is 5.30. The molecule has 0 aliphatic heterocycles. The second-order valence-electron chi connectivity index (χ2n) is 9.53. The number of aliphatic hydroxyl groups excluding tert-OH is 4. The number of hydrogen-bond donors (Lipinski definition) is 5. The van der Waals surface area contributed by atoms with Crippen molar-refractivity contribution in [2.45, 2.75) is 71.2 Å². The minimum Gasteiger partial charge on any atom is -0.481 e. The Balaban J connectivity index is 2.05. The number of hydrogen-bond acceptors (Lipinski definition) is 5. The standard InChI is InChI=1S/C20H32O6/c1-18(16(24)10-21)5-4-13-12(9-18)14(23)6-15-19(13,2)7-11(22)8-20(15,3)17(25)26/h9,11,13-16,21-24H,4-8,10H2,1-3H3,(H,25,26). The average molecular weight is 368 g/mol. The van der Waals surface area contributed by atoms with E-state index >= 15 is 0 Å². The van der Waals surface area contributed by atoms with Gasteiger partial charge in [-0.1, -0.05) is 19.9 Å². The van der Waals surface area contributed by atoms with E-state index in [4.69, 9.17) is 0 Å². The van der Waals surface area contributed by atoms with Gasteiger partial charge in [0.2, 0.25) is 0 Å². The molecule has 0 saturated heterocycles. The van der Waals surface area contributed by atoms with Gasteiger partial charge in [0.05, 0.1) is 30.3 Å². The summed E-state index contributed by atoms with van der Waals surface area (Å²) >= 11 is 0. The summed E-state index contributed by atoms with van der Waals surface area (Å²) in [6.07, 6.45) is 2.02. The number of aliphatic hydroxyl groups is 4. The topological polar surface area (TPSA) is 118 Å². The molecule has 8 atom stereocenters. The molecule has 0 radical (unpaired) electrons. The van der Waals surface area contributed by atoms with Crippen LogP contribution >= 0.6 is 0 Å². The van der Waals surface area contributed by atoms with Crippen LogP contribution < -0.4 is 0 Å². The van der Waals surface area contributed by atoms with Crippen molar-refractivity contribution in [2.75, 3.05) is 6.61 Å². The van der Waals surface area contributed by atoms with Gasteiger partial charge in [-0.25, -0.2) is 0 Å². The van der Waals surface area contributed by atoms with Crippen LogP contribution in [0, 0.1) is 28.1 Å². The monoisotopic (exact) mass is 368 g/mol. The van der Waals surface area contributed by atoms with Crippen molar-refractivity contribution < 1.29 is 30.3 Å². The highest BCUT2D eigenvalue weighted by molar-refractivity contribution is 5.75. The quantitative estimate of drug-likeness (QED) is 0.480. The van der Waals surface area contributed by atoms with Gasteiger partial charge < -0.3 is 25.5 Å². The first-order chi connectivity index (χ1) is 12.0. The summed E-state index contributed by atoms with van der Waals surface area (Å²) in [5.74, 6) is -1.16. The van der Waals surface area contributed by atoms with E-state index in [2.05, 4.69) is 6.92 Å². The largest absolute Gasteiger partial charge is 0.481 e. The molecule has 5 N–H and O–H groups in total. The molecule has 26 heavy (non-hydrogen) atoms. The van der Waals surface area contributed by atoms with Crippen molar-refractivity contribution in [1.82, 2.24) is 0 Å². The van der Waals surface area contributed by atoms with E-state index in [9.17, 15) is 30.3 Å². The van der Waals surface area contributed by atoms with E-state index in [1.807, 2.05) is 13.0 Å². The van der Waals surface area contributed by atoms with Gasteiger partial charge in [0, 0.05) is 5.41 Å². The van der Waals surface area contributed by atoms with E-state index in [0.29, 0.717) is 25.7 Å². The highest BCUT2D eigenvalue weighted by Crippen LogP contribution is 2.64. The fourth-order valence-corrected chi connectivity index (χ4v) is 6.28. The van der Waals surface area contributed by atoms with Crippen LogP contribution in [0.15, 0.2) is 11.6 Å². The maximum atomic E-state index is 12.0. The van der Waals surface area contributed by atoms with Crippen LogP contribution in [0.3, 0.4) is 0 Å². The van der Waals surface area contributed by atoms with Crippen LogP contribution in [0.1, 0.15) is 52.9 Å². The zero-order valence-corrected chi connectivity index (χ0v) is 15.9. The SMILES string of the molecule is CC1(C(O)CO)C=C2C(O)CC3C(C)(C(=O)O)CC(O)CC3(C)C2CC1. The van der Waals surface area contributed by atoms with Crippen molar-refractivity contribution >= 4 is 5.97 Å². The molecular weight excluding hydrogens is 336 g/mol. The van der Waals surface area contributed by atoms with Crippen molar-refractivity contribution in [1.29, 1.82) is 0 Å². The molecule has 2 saturated carbocycles. The molecular formula is C20H32O6. The zero-order chi connectivity index (χ0) is 19.5. The van der Waals surface area contributed by atoms with E-state index in [-0.39, 0.29) is 24.9 Å². The number of rotatable bonds is 3. The van der Waals surface area contributed by atoms with Crippen LogP contribution in [0.2, 0.25) is 0 Å². The van der Waals surface area contributed by atoms with Crippen molar-refractivity contribution in [3.8, 4) is 0 Å². The Bertz CT molecular complexity index is 617. The zero-order valence-electron chi connectivity index (χ0n) is 15.9. The molecule has 0 bridgehead atoms. The third kappa shape index (κ3) is 2.73. The number of carboxylic acid groups (broad SMARTS) is 1. The first-order valence-electron chi connectivity index (χ1n) is 9.59. The Morgan fingerprint density at radius 2 is 1.92 bits per heavy atom. The van der Waals surface area contributed by atoms with Gasteiger partial charge in [0.15, 0.2) is 0 Å². The first kappa shape index (κ1) is 19.8. The fourth-order valence-electron chi connectivity index (χ4n) is 6.28. The molecule has 3 rings (SSSR count). The van der Waals surface area contributed by atoms with Crippen molar-refractivity contribution in [3.63, 3.8) is 0 Å². The predicted octanol–water partition coefficient (Wildman–Crippen LogP) is 1.31. The minimum atomic E-state index is -1.07. The lowest BCUT2D eigenvalue weighted by Crippen LogP contribution is -2.60. The van der Waals surface area contributed by atoms with Crippen LogP contribution in [-0.4, -0.2) is 56.4 Å². The summed E-state index contributed by atoms with van der Waals surface area (Å²) in [4.78, 5) is 12.0. The van der Waals surface area contributed by atoms with Gasteiger partial charge in [0.1, 0.15) is 0 Å².